The molecule has 0 saturated heterocycles. The van der Waals surface area contributed by atoms with Gasteiger partial charge in [0.25, 0.3) is 10.0 Å². The first kappa shape index (κ1) is 17.9. The molecule has 0 saturated carbocycles. The molecular formula is C17H15N3O4S2. The molecule has 0 fully saturated rings. The first-order valence-electron chi connectivity index (χ1n) is 7.45. The molecule has 0 spiro atoms. The summed E-state index contributed by atoms with van der Waals surface area (Å²) in [6.45, 7) is 1.71. The van der Waals surface area contributed by atoms with Crippen molar-refractivity contribution in [3.8, 4) is 11.5 Å². The quantitative estimate of drug-likeness (QED) is 0.578. The predicted molar refractivity (Wildman–Crippen MR) is 101 cm³/mol. The highest BCUT2D eigenvalue weighted by Crippen LogP contribution is 2.25. The van der Waals surface area contributed by atoms with Crippen LogP contribution < -0.4 is 4.72 Å². The Hall–Kier alpha value is -2.91. The molecule has 9 heteroatoms. The normalized spacial score (nSPS) is 12.1. The smallest absolute Gasteiger partial charge is 0.263 e. The monoisotopic (exact) mass is 389 g/mol. The number of thiazole rings is 1. The lowest BCUT2D eigenvalue weighted by Crippen LogP contribution is -2.12. The molecule has 7 nitrogen and oxygen atoms in total. The van der Waals surface area contributed by atoms with Gasteiger partial charge in [0.1, 0.15) is 11.5 Å². The second-order valence-electron chi connectivity index (χ2n) is 5.34. The van der Waals surface area contributed by atoms with Crippen LogP contribution in [0.3, 0.4) is 0 Å². The average Bonchev–Trinajstić information content (AvgIpc) is 3.07. The van der Waals surface area contributed by atoms with Gasteiger partial charge < -0.3 is 10.2 Å². The van der Waals surface area contributed by atoms with Crippen LogP contribution in [-0.2, 0) is 10.0 Å². The van der Waals surface area contributed by atoms with E-state index >= 15 is 0 Å². The van der Waals surface area contributed by atoms with Gasteiger partial charge in [-0.05, 0) is 43.3 Å². The van der Waals surface area contributed by atoms with Crippen LogP contribution in [0.5, 0.6) is 11.5 Å². The number of aliphatic imine (C=N–C) groups is 1. The van der Waals surface area contributed by atoms with E-state index in [9.17, 15) is 18.6 Å². The Kier molecular flexibility index (Phi) is 4.92. The number of aromatic hydroxyl groups is 2. The molecule has 3 N–H and O–H groups in total. The molecule has 0 amide bonds. The van der Waals surface area contributed by atoms with Crippen molar-refractivity contribution in [3.05, 3.63) is 59.6 Å². The van der Waals surface area contributed by atoms with Crippen LogP contribution in [0.15, 0.2) is 63.9 Å². The zero-order valence-corrected chi connectivity index (χ0v) is 15.3. The van der Waals surface area contributed by atoms with Crippen LogP contribution in [0.25, 0.3) is 0 Å². The van der Waals surface area contributed by atoms with E-state index in [1.54, 1.807) is 30.5 Å². The standard InChI is InChI=1S/C17H15N3O4S2/c1-11(15-7-4-13(21)10-16(15)22)19-12-2-5-14(6-3-12)26(23,24)20-17-18-8-9-25-17/h2-10,21-22H,1H3,(H,18,20)/b19-11+. The Labute approximate surface area is 154 Å². The van der Waals surface area contributed by atoms with Crippen LogP contribution in [0.1, 0.15) is 12.5 Å². The number of hydrogen-bond donors (Lipinski definition) is 3. The van der Waals surface area contributed by atoms with Crippen molar-refractivity contribution in [1.82, 2.24) is 4.98 Å². The molecule has 0 unspecified atom stereocenters. The molecule has 1 aromatic heterocycles. The summed E-state index contributed by atoms with van der Waals surface area (Å²) in [6.07, 6.45) is 1.52. The summed E-state index contributed by atoms with van der Waals surface area (Å²) in [6, 6.07) is 10.3. The zero-order chi connectivity index (χ0) is 18.7. The topological polar surface area (TPSA) is 112 Å². The van der Waals surface area contributed by atoms with E-state index in [1.165, 1.54) is 41.8 Å². The van der Waals surface area contributed by atoms with Crippen molar-refractivity contribution in [3.63, 3.8) is 0 Å². The Bertz CT molecular complexity index is 1040. The molecule has 2 aromatic carbocycles. The van der Waals surface area contributed by atoms with Crippen LogP contribution in [-0.4, -0.2) is 29.3 Å². The Morgan fingerprint density at radius 1 is 1.15 bits per heavy atom. The fraction of sp³-hybridized carbons (Fsp3) is 0.0588. The molecule has 134 valence electrons. The molecule has 0 radical (unpaired) electrons. The van der Waals surface area contributed by atoms with Gasteiger partial charge in [0.05, 0.1) is 10.6 Å². The molecule has 0 bridgehead atoms. The maximum atomic E-state index is 12.3. The Morgan fingerprint density at radius 2 is 1.88 bits per heavy atom. The van der Waals surface area contributed by atoms with E-state index < -0.39 is 10.0 Å². The molecular weight excluding hydrogens is 374 g/mol. The first-order chi connectivity index (χ1) is 12.3. The molecule has 0 atom stereocenters. The Morgan fingerprint density at radius 3 is 2.50 bits per heavy atom. The predicted octanol–water partition coefficient (Wildman–Crippen LogP) is 3.50. The van der Waals surface area contributed by atoms with Crippen molar-refractivity contribution < 1.29 is 18.6 Å². The molecule has 3 rings (SSSR count). The van der Waals surface area contributed by atoms with E-state index in [1.807, 2.05) is 0 Å². The van der Waals surface area contributed by atoms with Gasteiger partial charge in [-0.3, -0.25) is 9.71 Å². The molecule has 1 heterocycles. The van der Waals surface area contributed by atoms with Gasteiger partial charge in [0, 0.05) is 28.9 Å². The number of hydrogen-bond acceptors (Lipinski definition) is 7. The first-order valence-corrected chi connectivity index (χ1v) is 9.81. The molecule has 26 heavy (non-hydrogen) atoms. The third-order valence-corrected chi connectivity index (χ3v) is 5.64. The molecule has 0 aliphatic carbocycles. The lowest BCUT2D eigenvalue weighted by Gasteiger charge is -2.07. The van der Waals surface area contributed by atoms with Gasteiger partial charge in [-0.1, -0.05) is 0 Å². The number of phenolic OH excluding ortho intramolecular Hbond substituents is 2. The number of sulfonamides is 1. The minimum absolute atomic E-state index is 0.0404. The number of nitrogens with one attached hydrogen (secondary N) is 1. The number of nitrogens with zero attached hydrogens (tertiary/aromatic N) is 2. The van der Waals surface area contributed by atoms with Gasteiger partial charge in [-0.2, -0.15) is 0 Å². The lowest BCUT2D eigenvalue weighted by molar-refractivity contribution is 0.450. The highest BCUT2D eigenvalue weighted by molar-refractivity contribution is 7.93. The summed E-state index contributed by atoms with van der Waals surface area (Å²) in [5.74, 6) is -0.126. The molecule has 0 aliphatic rings. The summed E-state index contributed by atoms with van der Waals surface area (Å²) in [7, 11) is -3.71. The van der Waals surface area contributed by atoms with Crippen LogP contribution in [0.2, 0.25) is 0 Å². The van der Waals surface area contributed by atoms with Gasteiger partial charge in [0.15, 0.2) is 5.13 Å². The minimum Gasteiger partial charge on any atom is -0.508 e. The van der Waals surface area contributed by atoms with Crippen molar-refractivity contribution in [2.24, 2.45) is 4.99 Å². The fourth-order valence-corrected chi connectivity index (χ4v) is 4.02. The number of benzene rings is 2. The van der Waals surface area contributed by atoms with Crippen LogP contribution in [0.4, 0.5) is 10.8 Å². The summed E-state index contributed by atoms with van der Waals surface area (Å²) in [5, 5.41) is 21.2. The summed E-state index contributed by atoms with van der Waals surface area (Å²) < 4.78 is 27.0. The summed E-state index contributed by atoms with van der Waals surface area (Å²) >= 11 is 1.19. The minimum atomic E-state index is -3.71. The van der Waals surface area contributed by atoms with Crippen molar-refractivity contribution in [2.75, 3.05) is 4.72 Å². The van der Waals surface area contributed by atoms with Crippen molar-refractivity contribution in [1.29, 1.82) is 0 Å². The number of phenols is 2. The fourth-order valence-electron chi connectivity index (χ4n) is 2.23. The Balaban J connectivity index is 1.83. The maximum Gasteiger partial charge on any atom is 0.263 e. The third-order valence-electron chi connectivity index (χ3n) is 3.47. The maximum absolute atomic E-state index is 12.3. The largest absolute Gasteiger partial charge is 0.508 e. The summed E-state index contributed by atoms with van der Waals surface area (Å²) in [5.41, 5.74) is 1.53. The van der Waals surface area contributed by atoms with E-state index in [0.717, 1.165) is 0 Å². The second kappa shape index (κ2) is 7.14. The van der Waals surface area contributed by atoms with Crippen LogP contribution in [0, 0.1) is 0 Å². The number of rotatable bonds is 5. The van der Waals surface area contributed by atoms with Gasteiger partial charge in [-0.25, -0.2) is 13.4 Å². The van der Waals surface area contributed by atoms with Crippen molar-refractivity contribution in [2.45, 2.75) is 11.8 Å². The van der Waals surface area contributed by atoms with Gasteiger partial charge in [0.2, 0.25) is 0 Å². The number of anilines is 1. The van der Waals surface area contributed by atoms with Crippen LogP contribution >= 0.6 is 11.3 Å². The van der Waals surface area contributed by atoms with E-state index in [-0.39, 0.29) is 16.4 Å². The van der Waals surface area contributed by atoms with Crippen molar-refractivity contribution >= 4 is 37.9 Å². The lowest BCUT2D eigenvalue weighted by atomic mass is 10.1. The molecule has 0 aliphatic heterocycles. The zero-order valence-electron chi connectivity index (χ0n) is 13.6. The highest BCUT2D eigenvalue weighted by atomic mass is 32.2. The van der Waals surface area contributed by atoms with E-state index in [4.69, 9.17) is 0 Å². The second-order valence-corrected chi connectivity index (χ2v) is 7.91. The summed E-state index contributed by atoms with van der Waals surface area (Å²) in [4.78, 5) is 8.36. The van der Waals surface area contributed by atoms with Gasteiger partial charge in [-0.15, -0.1) is 11.3 Å². The number of aromatic nitrogens is 1. The van der Waals surface area contributed by atoms with E-state index in [2.05, 4.69) is 14.7 Å². The molecule has 3 aromatic rings. The third kappa shape index (κ3) is 4.01. The van der Waals surface area contributed by atoms with E-state index in [0.29, 0.717) is 22.1 Å². The average molecular weight is 389 g/mol. The SMILES string of the molecule is C/C(=N\c1ccc(S(=O)(=O)Nc2nccs2)cc1)c1ccc(O)cc1O. The van der Waals surface area contributed by atoms with Gasteiger partial charge >= 0.3 is 0 Å². The highest BCUT2D eigenvalue weighted by Gasteiger charge is 2.15.